The molecular formula is C17H26N2O5S. The molecule has 1 aliphatic rings. The predicted octanol–water partition coefficient (Wildman–Crippen LogP) is 1.41. The lowest BCUT2D eigenvalue weighted by molar-refractivity contribution is 0.0941. The summed E-state index contributed by atoms with van der Waals surface area (Å²) in [7, 11) is -0.0157. The Balaban J connectivity index is 1.95. The number of carbonyl (C=O) groups excluding carboxylic acids is 1. The molecule has 1 fully saturated rings. The second kappa shape index (κ2) is 8.05. The van der Waals surface area contributed by atoms with Crippen molar-refractivity contribution in [3.05, 3.63) is 23.3 Å². The number of carbonyl (C=O) groups is 1. The van der Waals surface area contributed by atoms with E-state index in [1.807, 2.05) is 6.92 Å². The maximum Gasteiger partial charge on any atom is 0.251 e. The lowest BCUT2D eigenvalue weighted by atomic mass is 9.98. The summed E-state index contributed by atoms with van der Waals surface area (Å²) >= 11 is 0. The number of benzene rings is 1. The lowest BCUT2D eigenvalue weighted by Crippen LogP contribution is -2.41. The molecule has 0 spiro atoms. The number of methoxy groups -OCH3 is 2. The smallest absolute Gasteiger partial charge is 0.251 e. The lowest BCUT2D eigenvalue weighted by Gasteiger charge is -2.30. The second-order valence-electron chi connectivity index (χ2n) is 6.32. The maximum atomic E-state index is 12.4. The maximum absolute atomic E-state index is 12.4. The molecule has 0 atom stereocenters. The molecule has 0 aliphatic carbocycles. The van der Waals surface area contributed by atoms with Gasteiger partial charge >= 0.3 is 0 Å². The first-order valence-corrected chi connectivity index (χ1v) is 10.1. The quantitative estimate of drug-likeness (QED) is 0.818. The summed E-state index contributed by atoms with van der Waals surface area (Å²) in [5, 5.41) is 2.93. The summed E-state index contributed by atoms with van der Waals surface area (Å²) in [5.74, 6) is 1.29. The van der Waals surface area contributed by atoms with Gasteiger partial charge in [0.05, 0.1) is 20.5 Å². The Bertz CT molecular complexity index is 700. The van der Waals surface area contributed by atoms with E-state index >= 15 is 0 Å². The van der Waals surface area contributed by atoms with Crippen molar-refractivity contribution in [3.63, 3.8) is 0 Å². The fraction of sp³-hybridized carbons (Fsp3) is 0.588. The molecule has 25 heavy (non-hydrogen) atoms. The van der Waals surface area contributed by atoms with E-state index < -0.39 is 10.0 Å². The van der Waals surface area contributed by atoms with Gasteiger partial charge in [0.15, 0.2) is 0 Å². The van der Waals surface area contributed by atoms with Crippen LogP contribution in [0.1, 0.15) is 28.8 Å². The molecule has 1 saturated heterocycles. The van der Waals surface area contributed by atoms with Crippen molar-refractivity contribution in [1.82, 2.24) is 9.62 Å². The van der Waals surface area contributed by atoms with Crippen LogP contribution in [0, 0.1) is 12.8 Å². The van der Waals surface area contributed by atoms with Gasteiger partial charge in [0.2, 0.25) is 10.0 Å². The Hall–Kier alpha value is -1.80. The van der Waals surface area contributed by atoms with E-state index in [0.717, 1.165) is 18.4 Å². The van der Waals surface area contributed by atoms with Crippen molar-refractivity contribution in [2.24, 2.45) is 5.92 Å². The molecule has 1 N–H and O–H groups in total. The van der Waals surface area contributed by atoms with E-state index in [-0.39, 0.29) is 11.8 Å². The summed E-state index contributed by atoms with van der Waals surface area (Å²) in [6.07, 6.45) is 2.72. The molecule has 7 nitrogen and oxygen atoms in total. The van der Waals surface area contributed by atoms with Gasteiger partial charge in [-0.25, -0.2) is 12.7 Å². The largest absolute Gasteiger partial charge is 0.496 e. The summed E-state index contributed by atoms with van der Waals surface area (Å²) in [6.45, 7) is 3.40. The zero-order valence-corrected chi connectivity index (χ0v) is 16.0. The van der Waals surface area contributed by atoms with E-state index in [0.29, 0.717) is 36.7 Å². The Morgan fingerprint density at radius 1 is 1.20 bits per heavy atom. The SMILES string of the molecule is COc1cc(C(=O)NCC2CCN(S(C)(=O)=O)CC2)cc(OC)c1C. The summed E-state index contributed by atoms with van der Waals surface area (Å²) in [6, 6.07) is 3.39. The number of rotatable bonds is 6. The first-order valence-electron chi connectivity index (χ1n) is 8.22. The van der Waals surface area contributed by atoms with Crippen LogP contribution in [-0.2, 0) is 10.0 Å². The number of ether oxygens (including phenoxy) is 2. The minimum atomic E-state index is -3.12. The summed E-state index contributed by atoms with van der Waals surface area (Å²) in [5.41, 5.74) is 1.32. The summed E-state index contributed by atoms with van der Waals surface area (Å²) < 4.78 is 35.1. The van der Waals surface area contributed by atoms with Gasteiger partial charge in [0.1, 0.15) is 11.5 Å². The molecular weight excluding hydrogens is 344 g/mol. The van der Waals surface area contributed by atoms with Gasteiger partial charge in [-0.3, -0.25) is 4.79 Å². The Labute approximate surface area is 149 Å². The monoisotopic (exact) mass is 370 g/mol. The molecule has 1 aromatic carbocycles. The number of sulfonamides is 1. The van der Waals surface area contributed by atoms with Crippen LogP contribution in [0.5, 0.6) is 11.5 Å². The number of piperidine rings is 1. The van der Waals surface area contributed by atoms with Crippen LogP contribution < -0.4 is 14.8 Å². The van der Waals surface area contributed by atoms with Crippen molar-refractivity contribution in [2.75, 3.05) is 40.1 Å². The third kappa shape index (κ3) is 4.85. The van der Waals surface area contributed by atoms with Crippen molar-refractivity contribution in [2.45, 2.75) is 19.8 Å². The third-order valence-corrected chi connectivity index (χ3v) is 5.91. The zero-order chi connectivity index (χ0) is 18.6. The highest BCUT2D eigenvalue weighted by Crippen LogP contribution is 2.29. The Morgan fingerprint density at radius 3 is 2.16 bits per heavy atom. The molecule has 140 valence electrons. The predicted molar refractivity (Wildman–Crippen MR) is 95.8 cm³/mol. The Morgan fingerprint density at radius 2 is 1.72 bits per heavy atom. The molecule has 2 rings (SSSR count). The number of amides is 1. The molecule has 8 heteroatoms. The molecule has 0 saturated carbocycles. The molecule has 0 unspecified atom stereocenters. The molecule has 0 aromatic heterocycles. The molecule has 0 bridgehead atoms. The van der Waals surface area contributed by atoms with Crippen LogP contribution in [-0.4, -0.2) is 58.7 Å². The van der Waals surface area contributed by atoms with Crippen LogP contribution in [0.25, 0.3) is 0 Å². The van der Waals surface area contributed by atoms with Gasteiger partial charge in [0.25, 0.3) is 5.91 Å². The molecule has 1 aliphatic heterocycles. The molecule has 1 heterocycles. The third-order valence-electron chi connectivity index (χ3n) is 4.61. The normalized spacial score (nSPS) is 16.5. The number of nitrogens with zero attached hydrogens (tertiary/aromatic N) is 1. The Kier molecular flexibility index (Phi) is 6.29. The van der Waals surface area contributed by atoms with Gasteiger partial charge < -0.3 is 14.8 Å². The average molecular weight is 370 g/mol. The van der Waals surface area contributed by atoms with Crippen LogP contribution >= 0.6 is 0 Å². The fourth-order valence-corrected chi connectivity index (χ4v) is 3.88. The number of hydrogen-bond acceptors (Lipinski definition) is 5. The standard InChI is InChI=1S/C17H26N2O5S/c1-12-15(23-2)9-14(10-16(12)24-3)17(20)18-11-13-5-7-19(8-6-13)25(4,21)22/h9-10,13H,5-8,11H2,1-4H3,(H,18,20). The van der Waals surface area contributed by atoms with E-state index in [2.05, 4.69) is 5.32 Å². The topological polar surface area (TPSA) is 84.9 Å². The highest BCUT2D eigenvalue weighted by atomic mass is 32.2. The van der Waals surface area contributed by atoms with Crippen molar-refractivity contribution in [1.29, 1.82) is 0 Å². The minimum Gasteiger partial charge on any atom is -0.496 e. The highest BCUT2D eigenvalue weighted by molar-refractivity contribution is 7.88. The van der Waals surface area contributed by atoms with Gasteiger partial charge in [-0.15, -0.1) is 0 Å². The molecule has 0 radical (unpaired) electrons. The van der Waals surface area contributed by atoms with E-state index in [9.17, 15) is 13.2 Å². The van der Waals surface area contributed by atoms with Crippen molar-refractivity contribution in [3.8, 4) is 11.5 Å². The highest BCUT2D eigenvalue weighted by Gasteiger charge is 2.25. The van der Waals surface area contributed by atoms with E-state index in [1.54, 1.807) is 26.4 Å². The first kappa shape index (κ1) is 19.5. The van der Waals surface area contributed by atoms with Crippen LogP contribution in [0.4, 0.5) is 0 Å². The fourth-order valence-electron chi connectivity index (χ4n) is 3.00. The van der Waals surface area contributed by atoms with Crippen molar-refractivity contribution < 1.29 is 22.7 Å². The van der Waals surface area contributed by atoms with Crippen LogP contribution in [0.2, 0.25) is 0 Å². The van der Waals surface area contributed by atoms with E-state index in [1.165, 1.54) is 10.6 Å². The zero-order valence-electron chi connectivity index (χ0n) is 15.2. The number of hydrogen-bond donors (Lipinski definition) is 1. The van der Waals surface area contributed by atoms with Crippen LogP contribution in [0.15, 0.2) is 12.1 Å². The van der Waals surface area contributed by atoms with E-state index in [4.69, 9.17) is 9.47 Å². The van der Waals surface area contributed by atoms with Gasteiger partial charge in [-0.2, -0.15) is 0 Å². The average Bonchev–Trinajstić information content (AvgIpc) is 2.59. The minimum absolute atomic E-state index is 0.192. The molecule has 1 aromatic rings. The van der Waals surface area contributed by atoms with Gasteiger partial charge in [0, 0.05) is 30.8 Å². The summed E-state index contributed by atoms with van der Waals surface area (Å²) in [4.78, 5) is 12.4. The first-order chi connectivity index (χ1) is 11.8. The van der Waals surface area contributed by atoms with Crippen molar-refractivity contribution >= 4 is 15.9 Å². The van der Waals surface area contributed by atoms with Crippen LogP contribution in [0.3, 0.4) is 0 Å². The second-order valence-corrected chi connectivity index (χ2v) is 8.30. The van der Waals surface area contributed by atoms with Gasteiger partial charge in [-0.05, 0) is 37.8 Å². The van der Waals surface area contributed by atoms with Gasteiger partial charge in [-0.1, -0.05) is 0 Å². The number of nitrogens with one attached hydrogen (secondary N) is 1. The molecule has 1 amide bonds.